The monoisotopic (exact) mass is 284 g/mol. The van der Waals surface area contributed by atoms with Gasteiger partial charge in [0.15, 0.2) is 0 Å². The molecule has 5 heteroatoms. The molecule has 2 N–H and O–H groups in total. The van der Waals surface area contributed by atoms with E-state index in [0.717, 1.165) is 11.3 Å². The van der Waals surface area contributed by atoms with E-state index in [1.165, 1.54) is 12.1 Å². The molecule has 0 aromatic heterocycles. The van der Waals surface area contributed by atoms with Crippen LogP contribution < -0.4 is 10.4 Å². The Hall–Kier alpha value is -2.66. The highest BCUT2D eigenvalue weighted by Crippen LogP contribution is 2.17. The number of carbonyl (C=O) groups is 2. The zero-order valence-electron chi connectivity index (χ0n) is 11.8. The lowest BCUT2D eigenvalue weighted by Crippen LogP contribution is -2.26. The molecule has 2 aromatic carbocycles. The zero-order chi connectivity index (χ0) is 15.4. The molecule has 2 aromatic rings. The highest BCUT2D eigenvalue weighted by molar-refractivity contribution is 6.06. The van der Waals surface area contributed by atoms with Gasteiger partial charge in [0.2, 0.25) is 0 Å². The van der Waals surface area contributed by atoms with Gasteiger partial charge in [-0.3, -0.25) is 14.8 Å². The summed E-state index contributed by atoms with van der Waals surface area (Å²) in [5.41, 5.74) is 4.18. The number of carbonyl (C=O) groups excluding carboxylic acids is 2. The minimum absolute atomic E-state index is 0.170. The van der Waals surface area contributed by atoms with Gasteiger partial charge in [0, 0.05) is 23.9 Å². The van der Waals surface area contributed by atoms with E-state index in [1.807, 2.05) is 31.2 Å². The summed E-state index contributed by atoms with van der Waals surface area (Å²) >= 11 is 0. The summed E-state index contributed by atoms with van der Waals surface area (Å²) in [6.45, 7) is 1.96. The molecule has 0 fully saturated rings. The molecule has 0 radical (unpaired) electrons. The zero-order valence-corrected chi connectivity index (χ0v) is 11.8. The molecule has 0 aliphatic rings. The molecule has 0 aliphatic carbocycles. The van der Waals surface area contributed by atoms with E-state index in [2.05, 4.69) is 0 Å². The average Bonchev–Trinajstić information content (AvgIpc) is 2.53. The Balaban J connectivity index is 2.21. The van der Waals surface area contributed by atoms with Crippen molar-refractivity contribution in [3.63, 3.8) is 0 Å². The predicted octanol–water partition coefficient (Wildman–Crippen LogP) is 2.39. The minimum atomic E-state index is -0.610. The number of hydrogen-bond acceptors (Lipinski definition) is 3. The van der Waals surface area contributed by atoms with Crippen LogP contribution >= 0.6 is 0 Å². The Morgan fingerprint density at radius 2 is 1.67 bits per heavy atom. The standard InChI is InChI=1S/C16H16N2O3/c1-11-4-3-5-14(10-11)18(2)16(20)13-8-6-12(7-9-13)15(19)17-21/h3-10,21H,1-2H3,(H,17,19). The van der Waals surface area contributed by atoms with Gasteiger partial charge < -0.3 is 4.90 Å². The Morgan fingerprint density at radius 1 is 1.05 bits per heavy atom. The SMILES string of the molecule is Cc1cccc(N(C)C(=O)c2ccc(C(=O)NO)cc2)c1. The fourth-order valence-electron chi connectivity index (χ4n) is 1.98. The van der Waals surface area contributed by atoms with Gasteiger partial charge in [-0.2, -0.15) is 0 Å². The van der Waals surface area contributed by atoms with Crippen LogP contribution in [0, 0.1) is 6.92 Å². The van der Waals surface area contributed by atoms with E-state index in [4.69, 9.17) is 5.21 Å². The third-order valence-electron chi connectivity index (χ3n) is 3.19. The van der Waals surface area contributed by atoms with E-state index in [9.17, 15) is 9.59 Å². The van der Waals surface area contributed by atoms with Gasteiger partial charge >= 0.3 is 0 Å². The van der Waals surface area contributed by atoms with Crippen molar-refractivity contribution in [2.24, 2.45) is 0 Å². The van der Waals surface area contributed by atoms with Crippen LogP contribution in [0.5, 0.6) is 0 Å². The van der Waals surface area contributed by atoms with Crippen molar-refractivity contribution in [3.8, 4) is 0 Å². The molecule has 0 saturated carbocycles. The van der Waals surface area contributed by atoms with Crippen LogP contribution in [0.25, 0.3) is 0 Å². The van der Waals surface area contributed by atoms with E-state index in [0.29, 0.717) is 5.56 Å². The van der Waals surface area contributed by atoms with Gasteiger partial charge in [-0.1, -0.05) is 12.1 Å². The first-order valence-electron chi connectivity index (χ1n) is 6.42. The maximum atomic E-state index is 12.4. The van der Waals surface area contributed by atoms with Crippen LogP contribution in [-0.4, -0.2) is 24.1 Å². The number of anilines is 1. The Labute approximate surface area is 122 Å². The molecule has 0 spiro atoms. The second kappa shape index (κ2) is 6.19. The highest BCUT2D eigenvalue weighted by atomic mass is 16.5. The topological polar surface area (TPSA) is 69.6 Å². The quantitative estimate of drug-likeness (QED) is 0.671. The summed E-state index contributed by atoms with van der Waals surface area (Å²) in [6.07, 6.45) is 0. The number of amides is 2. The third kappa shape index (κ3) is 3.27. The lowest BCUT2D eigenvalue weighted by molar-refractivity contribution is 0.0706. The number of rotatable bonds is 3. The van der Waals surface area contributed by atoms with E-state index < -0.39 is 5.91 Å². The smallest absolute Gasteiger partial charge is 0.274 e. The van der Waals surface area contributed by atoms with Crippen LogP contribution in [-0.2, 0) is 0 Å². The fourth-order valence-corrected chi connectivity index (χ4v) is 1.98. The lowest BCUT2D eigenvalue weighted by atomic mass is 10.1. The number of hydrogen-bond donors (Lipinski definition) is 2. The summed E-state index contributed by atoms with van der Waals surface area (Å²) < 4.78 is 0. The molecule has 0 heterocycles. The Kier molecular flexibility index (Phi) is 4.35. The molecule has 0 atom stereocenters. The van der Waals surface area contributed by atoms with Crippen molar-refractivity contribution < 1.29 is 14.8 Å². The summed E-state index contributed by atoms with van der Waals surface area (Å²) in [5.74, 6) is -0.780. The van der Waals surface area contributed by atoms with Crippen LogP contribution in [0.4, 0.5) is 5.69 Å². The average molecular weight is 284 g/mol. The first-order chi connectivity index (χ1) is 10.0. The number of benzene rings is 2. The molecular weight excluding hydrogens is 268 g/mol. The summed E-state index contributed by atoms with van der Waals surface area (Å²) in [7, 11) is 1.70. The van der Waals surface area contributed by atoms with Crippen molar-refractivity contribution in [2.45, 2.75) is 6.92 Å². The number of aryl methyl sites for hydroxylation is 1. The second-order valence-electron chi connectivity index (χ2n) is 4.72. The van der Waals surface area contributed by atoms with Crippen LogP contribution in [0.15, 0.2) is 48.5 Å². The largest absolute Gasteiger partial charge is 0.311 e. The van der Waals surface area contributed by atoms with Gasteiger partial charge in [-0.05, 0) is 48.9 Å². The van der Waals surface area contributed by atoms with Gasteiger partial charge in [0.1, 0.15) is 0 Å². The maximum Gasteiger partial charge on any atom is 0.274 e. The number of nitrogens with one attached hydrogen (secondary N) is 1. The first kappa shape index (κ1) is 14.7. The lowest BCUT2D eigenvalue weighted by Gasteiger charge is -2.18. The second-order valence-corrected chi connectivity index (χ2v) is 4.72. The van der Waals surface area contributed by atoms with Crippen LogP contribution in [0.3, 0.4) is 0 Å². The molecule has 0 saturated heterocycles. The highest BCUT2D eigenvalue weighted by Gasteiger charge is 2.14. The maximum absolute atomic E-state index is 12.4. The van der Waals surface area contributed by atoms with Crippen LogP contribution in [0.2, 0.25) is 0 Å². The Bertz CT molecular complexity index is 665. The Morgan fingerprint density at radius 3 is 2.24 bits per heavy atom. The van der Waals surface area contributed by atoms with Crippen molar-refractivity contribution in [2.75, 3.05) is 11.9 Å². The minimum Gasteiger partial charge on any atom is -0.311 e. The van der Waals surface area contributed by atoms with Gasteiger partial charge in [0.05, 0.1) is 0 Å². The molecule has 5 nitrogen and oxygen atoms in total. The molecular formula is C16H16N2O3. The predicted molar refractivity (Wildman–Crippen MR) is 79.6 cm³/mol. The summed E-state index contributed by atoms with van der Waals surface area (Å²) in [5, 5.41) is 8.55. The fraction of sp³-hybridized carbons (Fsp3) is 0.125. The van der Waals surface area contributed by atoms with E-state index in [-0.39, 0.29) is 11.5 Å². The molecule has 0 bridgehead atoms. The van der Waals surface area contributed by atoms with Crippen molar-refractivity contribution in [3.05, 3.63) is 65.2 Å². The number of nitrogens with zero attached hydrogens (tertiary/aromatic N) is 1. The van der Waals surface area contributed by atoms with Crippen LogP contribution in [0.1, 0.15) is 26.3 Å². The third-order valence-corrected chi connectivity index (χ3v) is 3.19. The molecule has 2 rings (SSSR count). The van der Waals surface area contributed by atoms with E-state index in [1.54, 1.807) is 29.6 Å². The number of hydroxylamine groups is 1. The normalized spacial score (nSPS) is 10.0. The molecule has 0 unspecified atom stereocenters. The molecule has 0 aliphatic heterocycles. The molecule has 21 heavy (non-hydrogen) atoms. The van der Waals surface area contributed by atoms with Crippen molar-refractivity contribution >= 4 is 17.5 Å². The van der Waals surface area contributed by atoms with Gasteiger partial charge in [0.25, 0.3) is 11.8 Å². The first-order valence-corrected chi connectivity index (χ1v) is 6.42. The van der Waals surface area contributed by atoms with Gasteiger partial charge in [-0.25, -0.2) is 5.48 Å². The summed E-state index contributed by atoms with van der Waals surface area (Å²) in [4.78, 5) is 25.2. The van der Waals surface area contributed by atoms with Crippen molar-refractivity contribution in [1.29, 1.82) is 0 Å². The van der Waals surface area contributed by atoms with E-state index >= 15 is 0 Å². The summed E-state index contributed by atoms with van der Waals surface area (Å²) in [6, 6.07) is 13.7. The van der Waals surface area contributed by atoms with Gasteiger partial charge in [-0.15, -0.1) is 0 Å². The molecule has 2 amide bonds. The molecule has 108 valence electrons. The van der Waals surface area contributed by atoms with Crippen molar-refractivity contribution in [1.82, 2.24) is 5.48 Å².